The third-order valence-electron chi connectivity index (χ3n) is 5.79. The van der Waals surface area contributed by atoms with Gasteiger partial charge in [0.1, 0.15) is 17.9 Å². The third-order valence-corrected chi connectivity index (χ3v) is 6.41. The van der Waals surface area contributed by atoms with Crippen LogP contribution in [0.2, 0.25) is 0 Å². The number of ether oxygens (including phenoxy) is 1. The van der Waals surface area contributed by atoms with Crippen molar-refractivity contribution in [2.24, 2.45) is 11.8 Å². The Morgan fingerprint density at radius 2 is 2.07 bits per heavy atom. The smallest absolute Gasteiger partial charge is 0.368 e. The number of carbonyl (C=O) groups is 3. The van der Waals surface area contributed by atoms with Crippen LogP contribution in [0.3, 0.4) is 0 Å². The second-order valence-electron chi connectivity index (χ2n) is 7.35. The number of nitrogens with zero attached hydrogens (tertiary/aromatic N) is 1. The average Bonchev–Trinajstić information content (AvgIpc) is 3.11. The number of thioether (sulfide) groups is 1. The van der Waals surface area contributed by atoms with E-state index >= 15 is 0 Å². The number of imide groups is 1. The van der Waals surface area contributed by atoms with Crippen LogP contribution in [0.5, 0.6) is 0 Å². The molecule has 6 nitrogen and oxygen atoms in total. The normalized spacial score (nSPS) is 29.9. The number of fused-ring (bicyclic) bond motifs is 1. The highest BCUT2D eigenvalue weighted by atomic mass is 32.2. The fraction of sp³-hybridized carbons (Fsp3) is 0.550. The summed E-state index contributed by atoms with van der Waals surface area (Å²) in [5.74, 6) is -1.39. The van der Waals surface area contributed by atoms with Crippen LogP contribution < -0.4 is 5.32 Å². The van der Waals surface area contributed by atoms with Crippen LogP contribution in [0, 0.1) is 18.8 Å². The van der Waals surface area contributed by atoms with Gasteiger partial charge in [-0.3, -0.25) is 14.5 Å². The van der Waals surface area contributed by atoms with Crippen LogP contribution in [-0.2, 0) is 19.1 Å². The predicted octanol–water partition coefficient (Wildman–Crippen LogP) is 0.899. The zero-order valence-corrected chi connectivity index (χ0v) is 17.0. The maximum absolute atomic E-state index is 13.1. The van der Waals surface area contributed by atoms with Gasteiger partial charge in [-0.05, 0) is 25.9 Å². The van der Waals surface area contributed by atoms with E-state index in [4.69, 9.17) is 4.74 Å². The molecule has 2 saturated heterocycles. The number of esters is 1. The van der Waals surface area contributed by atoms with Crippen LogP contribution in [-0.4, -0.2) is 53.9 Å². The molecule has 2 aliphatic rings. The minimum atomic E-state index is -1.06. The molecule has 146 valence electrons. The lowest BCUT2D eigenvalue weighted by Gasteiger charge is -2.29. The second kappa shape index (κ2) is 7.64. The molecule has 4 atom stereocenters. The number of quaternary nitrogens is 1. The van der Waals surface area contributed by atoms with E-state index in [0.717, 1.165) is 11.1 Å². The summed E-state index contributed by atoms with van der Waals surface area (Å²) in [7, 11) is 1.51. The second-order valence-corrected chi connectivity index (χ2v) is 8.33. The fourth-order valence-electron chi connectivity index (χ4n) is 4.52. The molecule has 1 aromatic carbocycles. The standard InChI is InChI=1S/C20H26N2O4S/c1-5-26-19(25)20(9-10-27-4)15-14(17(23)22(3)18(15)24)16(21-20)13-8-6-7-12(2)11-13/h6-8,11,14-16,21H,5,9-10H2,1-4H3/p+1/t14-,15-,16-,20+/m0/s1. The number of hydrogen-bond donors (Lipinski definition) is 1. The lowest BCUT2D eigenvalue weighted by atomic mass is 9.77. The highest BCUT2D eigenvalue weighted by Crippen LogP contribution is 2.45. The van der Waals surface area contributed by atoms with Crippen LogP contribution in [0.4, 0.5) is 0 Å². The van der Waals surface area contributed by atoms with Crippen molar-refractivity contribution in [3.8, 4) is 0 Å². The molecular formula is C20H27N2O4S+. The van der Waals surface area contributed by atoms with E-state index in [2.05, 4.69) is 0 Å². The molecule has 0 bridgehead atoms. The SMILES string of the molecule is CCOC(=O)[C@]1(CCSC)[NH2+][C@@H](c2cccc(C)c2)[C@H]2C(=O)N(C)C(=O)[C@H]21. The van der Waals surface area contributed by atoms with Crippen molar-refractivity contribution >= 4 is 29.5 Å². The first-order valence-corrected chi connectivity index (χ1v) is 10.7. The van der Waals surface area contributed by atoms with Crippen LogP contribution in [0.25, 0.3) is 0 Å². The number of benzene rings is 1. The zero-order valence-electron chi connectivity index (χ0n) is 16.2. The summed E-state index contributed by atoms with van der Waals surface area (Å²) in [5.41, 5.74) is 0.993. The summed E-state index contributed by atoms with van der Waals surface area (Å²) < 4.78 is 5.40. The van der Waals surface area contributed by atoms with Crippen LogP contribution in [0.1, 0.15) is 30.5 Å². The number of nitrogens with two attached hydrogens (primary N) is 1. The van der Waals surface area contributed by atoms with Gasteiger partial charge in [0.2, 0.25) is 17.4 Å². The molecule has 0 unspecified atom stereocenters. The largest absolute Gasteiger partial charge is 0.461 e. The molecule has 0 spiro atoms. The molecule has 2 amide bonds. The van der Waals surface area contributed by atoms with Crippen molar-refractivity contribution in [1.29, 1.82) is 0 Å². The van der Waals surface area contributed by atoms with Gasteiger partial charge in [0.25, 0.3) is 0 Å². The maximum Gasteiger partial charge on any atom is 0.368 e. The number of hydrogen-bond acceptors (Lipinski definition) is 5. The van der Waals surface area contributed by atoms with Crippen molar-refractivity contribution in [3.05, 3.63) is 35.4 Å². The Morgan fingerprint density at radius 1 is 1.33 bits per heavy atom. The van der Waals surface area contributed by atoms with Crippen molar-refractivity contribution < 1.29 is 24.4 Å². The van der Waals surface area contributed by atoms with Gasteiger partial charge in [-0.25, -0.2) is 4.79 Å². The van der Waals surface area contributed by atoms with Gasteiger partial charge in [0, 0.05) is 19.0 Å². The number of likely N-dealkylation sites (tertiary alicyclic amines) is 1. The highest BCUT2D eigenvalue weighted by Gasteiger charge is 2.71. The Kier molecular flexibility index (Phi) is 5.63. The van der Waals surface area contributed by atoms with Crippen LogP contribution in [0.15, 0.2) is 24.3 Å². The first-order chi connectivity index (χ1) is 12.9. The first-order valence-electron chi connectivity index (χ1n) is 9.27. The lowest BCUT2D eigenvalue weighted by molar-refractivity contribution is -0.734. The third kappa shape index (κ3) is 3.17. The van der Waals surface area contributed by atoms with E-state index in [1.54, 1.807) is 18.7 Å². The van der Waals surface area contributed by atoms with E-state index in [1.165, 1.54) is 11.9 Å². The zero-order chi connectivity index (χ0) is 19.8. The van der Waals surface area contributed by atoms with Gasteiger partial charge < -0.3 is 10.1 Å². The molecule has 3 rings (SSSR count). The Morgan fingerprint density at radius 3 is 2.70 bits per heavy atom. The molecular weight excluding hydrogens is 364 g/mol. The summed E-state index contributed by atoms with van der Waals surface area (Å²) in [6, 6.07) is 7.67. The summed E-state index contributed by atoms with van der Waals surface area (Å²) in [6.07, 6.45) is 2.46. The monoisotopic (exact) mass is 391 g/mol. The van der Waals surface area contributed by atoms with Gasteiger partial charge in [-0.15, -0.1) is 0 Å². The molecule has 2 heterocycles. The first kappa shape index (κ1) is 19.9. The molecule has 2 fully saturated rings. The van der Waals surface area contributed by atoms with E-state index in [1.807, 2.05) is 42.8 Å². The number of carbonyl (C=O) groups excluding carboxylic acids is 3. The minimum Gasteiger partial charge on any atom is -0.461 e. The van der Waals surface area contributed by atoms with Gasteiger partial charge in [0.15, 0.2) is 0 Å². The minimum absolute atomic E-state index is 0.205. The maximum atomic E-state index is 13.1. The molecule has 0 aromatic heterocycles. The lowest BCUT2D eigenvalue weighted by Crippen LogP contribution is -2.98. The molecule has 27 heavy (non-hydrogen) atoms. The molecule has 2 N–H and O–H groups in total. The van der Waals surface area contributed by atoms with Crippen molar-refractivity contribution in [3.63, 3.8) is 0 Å². The van der Waals surface area contributed by atoms with Crippen molar-refractivity contribution in [2.45, 2.75) is 31.8 Å². The number of amides is 2. The van der Waals surface area contributed by atoms with Gasteiger partial charge in [-0.2, -0.15) is 11.8 Å². The number of rotatable bonds is 6. The van der Waals surface area contributed by atoms with Crippen molar-refractivity contribution in [1.82, 2.24) is 4.90 Å². The molecule has 0 saturated carbocycles. The Bertz CT molecular complexity index is 768. The predicted molar refractivity (Wildman–Crippen MR) is 103 cm³/mol. The van der Waals surface area contributed by atoms with Gasteiger partial charge in [-0.1, -0.05) is 29.8 Å². The molecule has 0 radical (unpaired) electrons. The average molecular weight is 392 g/mol. The van der Waals surface area contributed by atoms with Gasteiger partial charge >= 0.3 is 5.97 Å². The summed E-state index contributed by atoms with van der Waals surface area (Å²) in [6.45, 7) is 4.01. The topological polar surface area (TPSA) is 80.3 Å². The quantitative estimate of drug-likeness (QED) is 0.576. The van der Waals surface area contributed by atoms with Gasteiger partial charge in [0.05, 0.1) is 6.61 Å². The van der Waals surface area contributed by atoms with Crippen molar-refractivity contribution in [2.75, 3.05) is 25.7 Å². The van der Waals surface area contributed by atoms with E-state index in [0.29, 0.717) is 12.2 Å². The Balaban J connectivity index is 2.12. The number of aryl methyl sites for hydroxylation is 1. The fourth-order valence-corrected chi connectivity index (χ4v) is 5.06. The molecule has 7 heteroatoms. The molecule has 2 aliphatic heterocycles. The molecule has 0 aliphatic carbocycles. The van der Waals surface area contributed by atoms with Crippen LogP contribution >= 0.6 is 11.8 Å². The summed E-state index contributed by atoms with van der Waals surface area (Å²) in [5, 5.41) is 1.94. The Hall–Kier alpha value is -1.86. The van der Waals surface area contributed by atoms with E-state index in [9.17, 15) is 14.4 Å². The van der Waals surface area contributed by atoms with E-state index in [-0.39, 0.29) is 30.4 Å². The highest BCUT2D eigenvalue weighted by molar-refractivity contribution is 7.98. The summed E-state index contributed by atoms with van der Waals surface area (Å²) >= 11 is 1.62. The summed E-state index contributed by atoms with van der Waals surface area (Å²) in [4.78, 5) is 40.2. The Labute approximate surface area is 164 Å². The molecule has 1 aromatic rings. The van der Waals surface area contributed by atoms with E-state index < -0.39 is 17.4 Å².